The van der Waals surface area contributed by atoms with Gasteiger partial charge in [0.05, 0.1) is 6.54 Å². The van der Waals surface area contributed by atoms with E-state index in [0.717, 1.165) is 10.4 Å². The molecule has 1 aromatic heterocycles. The SMILES string of the molecule is C#Cc1cccc(NC(=O)NCc2sccc2C)c1. The summed E-state index contributed by atoms with van der Waals surface area (Å²) in [6, 6.07) is 9.00. The third-order valence-corrected chi connectivity index (χ3v) is 3.69. The topological polar surface area (TPSA) is 41.1 Å². The molecule has 3 nitrogen and oxygen atoms in total. The van der Waals surface area contributed by atoms with Gasteiger partial charge in [0.25, 0.3) is 0 Å². The molecule has 96 valence electrons. The van der Waals surface area contributed by atoms with Crippen LogP contribution in [0.1, 0.15) is 16.0 Å². The Morgan fingerprint density at radius 3 is 2.95 bits per heavy atom. The summed E-state index contributed by atoms with van der Waals surface area (Å²) >= 11 is 1.63. The number of hydrogen-bond donors (Lipinski definition) is 2. The van der Waals surface area contributed by atoms with Gasteiger partial charge >= 0.3 is 6.03 Å². The van der Waals surface area contributed by atoms with Crippen molar-refractivity contribution in [3.05, 3.63) is 51.7 Å². The van der Waals surface area contributed by atoms with E-state index in [1.54, 1.807) is 23.5 Å². The Hall–Kier alpha value is -2.25. The van der Waals surface area contributed by atoms with Crippen LogP contribution in [0.5, 0.6) is 0 Å². The molecule has 2 N–H and O–H groups in total. The van der Waals surface area contributed by atoms with Gasteiger partial charge in [0.15, 0.2) is 0 Å². The van der Waals surface area contributed by atoms with Crippen LogP contribution in [0.4, 0.5) is 10.5 Å². The number of nitrogens with one attached hydrogen (secondary N) is 2. The van der Waals surface area contributed by atoms with E-state index < -0.39 is 0 Å². The van der Waals surface area contributed by atoms with E-state index in [2.05, 4.69) is 16.6 Å². The summed E-state index contributed by atoms with van der Waals surface area (Å²) in [6.45, 7) is 2.56. The minimum atomic E-state index is -0.234. The molecule has 0 saturated carbocycles. The molecule has 0 saturated heterocycles. The maximum Gasteiger partial charge on any atom is 0.319 e. The molecule has 0 spiro atoms. The van der Waals surface area contributed by atoms with E-state index in [9.17, 15) is 4.79 Å². The van der Waals surface area contributed by atoms with E-state index in [1.165, 1.54) is 5.56 Å². The Morgan fingerprint density at radius 2 is 2.26 bits per heavy atom. The maximum absolute atomic E-state index is 11.7. The van der Waals surface area contributed by atoms with Crippen molar-refractivity contribution in [2.75, 3.05) is 5.32 Å². The monoisotopic (exact) mass is 270 g/mol. The van der Waals surface area contributed by atoms with Crippen LogP contribution >= 0.6 is 11.3 Å². The molecular weight excluding hydrogens is 256 g/mol. The van der Waals surface area contributed by atoms with Crippen LogP contribution in [0.3, 0.4) is 0 Å². The summed E-state index contributed by atoms with van der Waals surface area (Å²) in [7, 11) is 0. The van der Waals surface area contributed by atoms with Crippen molar-refractivity contribution < 1.29 is 4.79 Å². The highest BCUT2D eigenvalue weighted by molar-refractivity contribution is 7.10. The third-order valence-electron chi connectivity index (χ3n) is 2.66. The average Bonchev–Trinajstić information content (AvgIpc) is 2.82. The summed E-state index contributed by atoms with van der Waals surface area (Å²) in [6.07, 6.45) is 5.31. The minimum Gasteiger partial charge on any atom is -0.333 e. The number of benzene rings is 1. The number of urea groups is 1. The average molecular weight is 270 g/mol. The normalized spacial score (nSPS) is 9.68. The number of terminal acetylenes is 1. The highest BCUT2D eigenvalue weighted by Gasteiger charge is 2.04. The first kappa shape index (κ1) is 13.2. The fourth-order valence-corrected chi connectivity index (χ4v) is 2.45. The van der Waals surface area contributed by atoms with Gasteiger partial charge in [-0.2, -0.15) is 0 Å². The molecule has 0 radical (unpaired) electrons. The molecule has 0 unspecified atom stereocenters. The standard InChI is InChI=1S/C15H14N2OS/c1-3-12-5-4-6-13(9-12)17-15(18)16-10-14-11(2)7-8-19-14/h1,4-9H,10H2,2H3,(H2,16,17,18). The number of thiophene rings is 1. The molecule has 2 amide bonds. The van der Waals surface area contributed by atoms with Gasteiger partial charge in [-0.3, -0.25) is 0 Å². The molecule has 0 atom stereocenters. The van der Waals surface area contributed by atoms with Gasteiger partial charge in [0, 0.05) is 16.1 Å². The molecule has 2 aromatic rings. The van der Waals surface area contributed by atoms with Gasteiger partial charge in [0.2, 0.25) is 0 Å². The summed E-state index contributed by atoms with van der Waals surface area (Å²) in [5, 5.41) is 7.59. The molecule has 0 bridgehead atoms. The number of hydrogen-bond acceptors (Lipinski definition) is 2. The van der Waals surface area contributed by atoms with E-state index in [4.69, 9.17) is 6.42 Å². The lowest BCUT2D eigenvalue weighted by Crippen LogP contribution is -2.28. The Labute approximate surface area is 116 Å². The number of amides is 2. The van der Waals surface area contributed by atoms with E-state index in [-0.39, 0.29) is 6.03 Å². The first-order valence-electron chi connectivity index (χ1n) is 5.83. The van der Waals surface area contributed by atoms with Crippen LogP contribution in [-0.4, -0.2) is 6.03 Å². The summed E-state index contributed by atoms with van der Waals surface area (Å²) in [4.78, 5) is 12.9. The Balaban J connectivity index is 1.91. The van der Waals surface area contributed by atoms with E-state index in [1.807, 2.05) is 30.5 Å². The van der Waals surface area contributed by atoms with Gasteiger partial charge in [-0.05, 0) is 42.1 Å². The maximum atomic E-state index is 11.7. The highest BCUT2D eigenvalue weighted by Crippen LogP contribution is 2.15. The number of rotatable bonds is 3. The molecular formula is C15H14N2OS. The first-order valence-corrected chi connectivity index (χ1v) is 6.71. The molecule has 0 fully saturated rings. The van der Waals surface area contributed by atoms with Gasteiger partial charge in [-0.15, -0.1) is 17.8 Å². The van der Waals surface area contributed by atoms with Crippen molar-refractivity contribution in [1.29, 1.82) is 0 Å². The lowest BCUT2D eigenvalue weighted by atomic mass is 10.2. The van der Waals surface area contributed by atoms with Crippen LogP contribution in [0.15, 0.2) is 35.7 Å². The zero-order valence-corrected chi connectivity index (χ0v) is 11.4. The zero-order chi connectivity index (χ0) is 13.7. The van der Waals surface area contributed by atoms with Crippen LogP contribution in [0.25, 0.3) is 0 Å². The number of carbonyl (C=O) groups is 1. The van der Waals surface area contributed by atoms with Crippen molar-refractivity contribution >= 4 is 23.1 Å². The van der Waals surface area contributed by atoms with Crippen LogP contribution in [0, 0.1) is 19.3 Å². The summed E-state index contributed by atoms with van der Waals surface area (Å²) in [5.41, 5.74) is 2.63. The lowest BCUT2D eigenvalue weighted by molar-refractivity contribution is 0.252. The number of aryl methyl sites for hydroxylation is 1. The molecule has 0 aliphatic rings. The first-order chi connectivity index (χ1) is 9.19. The Bertz CT molecular complexity index is 625. The molecule has 2 rings (SSSR count). The number of carbonyl (C=O) groups excluding carboxylic acids is 1. The van der Waals surface area contributed by atoms with Crippen molar-refractivity contribution in [1.82, 2.24) is 5.32 Å². The fraction of sp³-hybridized carbons (Fsp3) is 0.133. The van der Waals surface area contributed by atoms with Gasteiger partial charge in [-0.25, -0.2) is 4.79 Å². The highest BCUT2D eigenvalue weighted by atomic mass is 32.1. The minimum absolute atomic E-state index is 0.234. The Morgan fingerprint density at radius 1 is 1.42 bits per heavy atom. The second-order valence-corrected chi connectivity index (χ2v) is 5.06. The second kappa shape index (κ2) is 6.07. The molecule has 0 aliphatic heterocycles. The van der Waals surface area contributed by atoms with Crippen LogP contribution in [-0.2, 0) is 6.54 Å². The van der Waals surface area contributed by atoms with E-state index >= 15 is 0 Å². The summed E-state index contributed by atoms with van der Waals surface area (Å²) < 4.78 is 0. The predicted octanol–water partition coefficient (Wildman–Crippen LogP) is 3.36. The summed E-state index contributed by atoms with van der Waals surface area (Å²) in [5.74, 6) is 2.53. The van der Waals surface area contributed by atoms with Crippen molar-refractivity contribution in [3.63, 3.8) is 0 Å². The third kappa shape index (κ3) is 3.60. The smallest absolute Gasteiger partial charge is 0.319 e. The van der Waals surface area contributed by atoms with Crippen molar-refractivity contribution in [2.45, 2.75) is 13.5 Å². The molecule has 19 heavy (non-hydrogen) atoms. The fourth-order valence-electron chi connectivity index (χ4n) is 1.61. The van der Waals surface area contributed by atoms with Gasteiger partial charge in [-0.1, -0.05) is 12.0 Å². The molecule has 1 heterocycles. The van der Waals surface area contributed by atoms with Crippen molar-refractivity contribution in [2.24, 2.45) is 0 Å². The van der Waals surface area contributed by atoms with Crippen LogP contribution < -0.4 is 10.6 Å². The van der Waals surface area contributed by atoms with Crippen LogP contribution in [0.2, 0.25) is 0 Å². The number of anilines is 1. The van der Waals surface area contributed by atoms with Crippen molar-refractivity contribution in [3.8, 4) is 12.3 Å². The van der Waals surface area contributed by atoms with E-state index in [0.29, 0.717) is 12.2 Å². The second-order valence-electron chi connectivity index (χ2n) is 4.06. The molecule has 1 aromatic carbocycles. The van der Waals surface area contributed by atoms with Gasteiger partial charge in [0.1, 0.15) is 0 Å². The quantitative estimate of drug-likeness (QED) is 0.825. The Kier molecular flexibility index (Phi) is 4.22. The largest absolute Gasteiger partial charge is 0.333 e. The molecule has 0 aliphatic carbocycles. The predicted molar refractivity (Wildman–Crippen MR) is 79.3 cm³/mol. The molecule has 4 heteroatoms. The lowest BCUT2D eigenvalue weighted by Gasteiger charge is -2.07. The zero-order valence-electron chi connectivity index (χ0n) is 10.6. The van der Waals surface area contributed by atoms with Gasteiger partial charge < -0.3 is 10.6 Å².